The van der Waals surface area contributed by atoms with Crippen LogP contribution in [0.5, 0.6) is 0 Å². The molecule has 1 heterocycles. The van der Waals surface area contributed by atoms with E-state index in [1.54, 1.807) is 0 Å². The highest BCUT2D eigenvalue weighted by molar-refractivity contribution is 5.47. The number of hydrogen-bond donors (Lipinski definition) is 0. The molecule has 5 heteroatoms. The van der Waals surface area contributed by atoms with Gasteiger partial charge in [0.05, 0.1) is 5.69 Å². The van der Waals surface area contributed by atoms with Crippen LogP contribution in [-0.4, -0.2) is 5.16 Å². The summed E-state index contributed by atoms with van der Waals surface area (Å²) in [6, 6.07) is 0. The summed E-state index contributed by atoms with van der Waals surface area (Å²) in [6.45, 7) is 6.07. The largest absolute Gasteiger partial charge is 0.452 e. The van der Waals surface area contributed by atoms with E-state index in [4.69, 9.17) is 0 Å². The molecule has 17 heavy (non-hydrogen) atoms. The van der Waals surface area contributed by atoms with Crippen LogP contribution in [0.25, 0.3) is 0 Å². The number of aromatic nitrogens is 1. The maximum Gasteiger partial charge on any atom is 0.452 e. The Hall–Kier alpha value is -1.00. The maximum absolute atomic E-state index is 12.8. The predicted molar refractivity (Wildman–Crippen MR) is 54.6 cm³/mol. The van der Waals surface area contributed by atoms with Crippen molar-refractivity contribution >= 4 is 0 Å². The van der Waals surface area contributed by atoms with Gasteiger partial charge >= 0.3 is 6.18 Å². The van der Waals surface area contributed by atoms with Crippen LogP contribution in [0.2, 0.25) is 0 Å². The van der Waals surface area contributed by atoms with Crippen molar-refractivity contribution in [2.75, 3.05) is 0 Å². The first-order valence-corrected chi connectivity index (χ1v) is 5.77. The average molecular weight is 245 g/mol. The lowest BCUT2D eigenvalue weighted by molar-refractivity contribution is -0.156. The van der Waals surface area contributed by atoms with Crippen LogP contribution in [0.3, 0.4) is 0 Å². The number of alkyl halides is 3. The molecule has 0 spiro atoms. The third-order valence-electron chi connectivity index (χ3n) is 5.08. The Morgan fingerprint density at radius 1 is 1.29 bits per heavy atom. The molecule has 94 valence electrons. The van der Waals surface area contributed by atoms with E-state index >= 15 is 0 Å². The highest BCUT2D eigenvalue weighted by Crippen LogP contribution is 2.68. The van der Waals surface area contributed by atoms with E-state index in [9.17, 15) is 13.2 Å². The van der Waals surface area contributed by atoms with Gasteiger partial charge in [0.1, 0.15) is 0 Å². The zero-order chi connectivity index (χ0) is 12.6. The fourth-order valence-corrected chi connectivity index (χ4v) is 3.65. The molecule has 0 radical (unpaired) electrons. The molecule has 2 atom stereocenters. The minimum Gasteiger partial charge on any atom is -0.351 e. The lowest BCUT2D eigenvalue weighted by Crippen LogP contribution is -2.31. The molecule has 2 nitrogen and oxygen atoms in total. The van der Waals surface area contributed by atoms with Gasteiger partial charge < -0.3 is 4.52 Å². The summed E-state index contributed by atoms with van der Waals surface area (Å²) in [5.74, 6) is -0.959. The normalized spacial score (nSPS) is 34.1. The first-order chi connectivity index (χ1) is 7.69. The molecule has 0 saturated heterocycles. The topological polar surface area (TPSA) is 26.0 Å². The first kappa shape index (κ1) is 11.1. The van der Waals surface area contributed by atoms with Crippen molar-refractivity contribution in [3.63, 3.8) is 0 Å². The number of halogens is 3. The summed E-state index contributed by atoms with van der Waals surface area (Å²) in [6.07, 6.45) is -2.75. The van der Waals surface area contributed by atoms with E-state index in [1.807, 2.05) is 20.8 Å². The van der Waals surface area contributed by atoms with Crippen LogP contribution in [0.15, 0.2) is 4.52 Å². The van der Waals surface area contributed by atoms with Crippen molar-refractivity contribution in [2.45, 2.75) is 51.1 Å². The van der Waals surface area contributed by atoms with Crippen molar-refractivity contribution in [3.05, 3.63) is 17.0 Å². The van der Waals surface area contributed by atoms with Gasteiger partial charge in [-0.1, -0.05) is 25.9 Å². The molecule has 0 N–H and O–H groups in total. The van der Waals surface area contributed by atoms with E-state index in [0.29, 0.717) is 11.3 Å². The van der Waals surface area contributed by atoms with Crippen LogP contribution in [0.1, 0.15) is 56.5 Å². The summed E-state index contributed by atoms with van der Waals surface area (Å²) in [7, 11) is 0. The van der Waals surface area contributed by atoms with Gasteiger partial charge in [0, 0.05) is 11.0 Å². The number of hydrogen-bond acceptors (Lipinski definition) is 2. The monoisotopic (exact) mass is 245 g/mol. The molecule has 2 bridgehead atoms. The van der Waals surface area contributed by atoms with Gasteiger partial charge in [0.15, 0.2) is 0 Å². The summed E-state index contributed by atoms with van der Waals surface area (Å²) in [5.41, 5.74) is 0.406. The molecule has 1 aromatic rings. The Morgan fingerprint density at radius 2 is 1.94 bits per heavy atom. The zero-order valence-electron chi connectivity index (χ0n) is 9.98. The van der Waals surface area contributed by atoms with Gasteiger partial charge in [-0.15, -0.1) is 0 Å². The van der Waals surface area contributed by atoms with E-state index < -0.39 is 11.9 Å². The van der Waals surface area contributed by atoms with Crippen molar-refractivity contribution in [3.8, 4) is 0 Å². The fourth-order valence-electron chi connectivity index (χ4n) is 3.65. The van der Waals surface area contributed by atoms with Crippen LogP contribution < -0.4 is 0 Å². The average Bonchev–Trinajstić information content (AvgIpc) is 2.73. The second kappa shape index (κ2) is 2.70. The second-order valence-electron chi connectivity index (χ2n) is 5.92. The molecule has 1 fully saturated rings. The Labute approximate surface area is 97.2 Å². The lowest BCUT2D eigenvalue weighted by atomic mass is 9.70. The van der Waals surface area contributed by atoms with Crippen molar-refractivity contribution in [1.29, 1.82) is 0 Å². The number of rotatable bonds is 0. The lowest BCUT2D eigenvalue weighted by Gasteiger charge is -2.33. The molecule has 2 aliphatic rings. The van der Waals surface area contributed by atoms with Gasteiger partial charge in [0.2, 0.25) is 5.76 Å². The van der Waals surface area contributed by atoms with E-state index in [1.165, 1.54) is 0 Å². The molecule has 0 unspecified atom stereocenters. The van der Waals surface area contributed by atoms with Crippen molar-refractivity contribution in [1.82, 2.24) is 5.16 Å². The molecule has 0 aliphatic heterocycles. The molecule has 1 aromatic heterocycles. The van der Waals surface area contributed by atoms with Crippen molar-refractivity contribution < 1.29 is 17.7 Å². The van der Waals surface area contributed by atoms with Crippen LogP contribution in [0, 0.1) is 5.41 Å². The fraction of sp³-hybridized carbons (Fsp3) is 0.750. The van der Waals surface area contributed by atoms with E-state index in [2.05, 4.69) is 9.68 Å². The summed E-state index contributed by atoms with van der Waals surface area (Å²) in [4.78, 5) is 0. The highest BCUT2D eigenvalue weighted by Gasteiger charge is 2.64. The molecular weight excluding hydrogens is 231 g/mol. The quantitative estimate of drug-likeness (QED) is 0.693. The molecule has 0 aromatic carbocycles. The molecule has 0 amide bonds. The van der Waals surface area contributed by atoms with Gasteiger partial charge in [-0.25, -0.2) is 0 Å². The smallest absolute Gasteiger partial charge is 0.351 e. The minimum atomic E-state index is -4.43. The van der Waals surface area contributed by atoms with Crippen LogP contribution in [-0.2, 0) is 11.6 Å². The molecular formula is C12H14F3NO. The summed E-state index contributed by atoms with van der Waals surface area (Å²) < 4.78 is 43.1. The first-order valence-electron chi connectivity index (χ1n) is 5.77. The third-order valence-corrected chi connectivity index (χ3v) is 5.08. The van der Waals surface area contributed by atoms with Crippen LogP contribution in [0.4, 0.5) is 13.2 Å². The van der Waals surface area contributed by atoms with Gasteiger partial charge in [0.25, 0.3) is 0 Å². The van der Waals surface area contributed by atoms with Crippen molar-refractivity contribution in [2.24, 2.45) is 5.41 Å². The third kappa shape index (κ3) is 1.06. The van der Waals surface area contributed by atoms with Crippen LogP contribution >= 0.6 is 0 Å². The Bertz CT molecular complexity index is 488. The van der Waals surface area contributed by atoms with Gasteiger partial charge in [-0.05, 0) is 24.2 Å². The van der Waals surface area contributed by atoms with Gasteiger partial charge in [-0.3, -0.25) is 0 Å². The summed E-state index contributed by atoms with van der Waals surface area (Å²) >= 11 is 0. The standard InChI is InChI=1S/C12H14F3NO/c1-10(2)6-4-5-11(10,3)8-7(6)9(17-16-8)12(13,14)15/h6H,4-5H2,1-3H3/t6-,11+/m0/s1. The van der Waals surface area contributed by atoms with E-state index in [-0.39, 0.29) is 16.7 Å². The molecule has 1 saturated carbocycles. The number of nitrogens with zero attached hydrogens (tertiary/aromatic N) is 1. The van der Waals surface area contributed by atoms with Gasteiger partial charge in [-0.2, -0.15) is 13.2 Å². The SMILES string of the molecule is CC1(C)[C@H]2CC[C@]1(C)c1noc(C(F)(F)F)c12. The summed E-state index contributed by atoms with van der Waals surface area (Å²) in [5, 5.41) is 3.72. The van der Waals surface area contributed by atoms with E-state index in [0.717, 1.165) is 12.8 Å². The number of fused-ring (bicyclic) bond motifs is 5. The Balaban J connectivity index is 2.24. The maximum atomic E-state index is 12.8. The Morgan fingerprint density at radius 3 is 2.53 bits per heavy atom. The zero-order valence-corrected chi connectivity index (χ0v) is 9.98. The predicted octanol–water partition coefficient (Wildman–Crippen LogP) is 3.87. The minimum absolute atomic E-state index is 0.0784. The molecule has 2 aliphatic carbocycles. The molecule has 3 rings (SSSR count). The Kier molecular flexibility index (Phi) is 1.76. The second-order valence-corrected chi connectivity index (χ2v) is 5.92. The highest BCUT2D eigenvalue weighted by atomic mass is 19.4.